The van der Waals surface area contributed by atoms with Crippen molar-refractivity contribution >= 4 is 0 Å². The van der Waals surface area contributed by atoms with Crippen molar-refractivity contribution in [3.8, 4) is 0 Å². The minimum atomic E-state index is 0.393. The van der Waals surface area contributed by atoms with Crippen molar-refractivity contribution in [2.24, 2.45) is 0 Å². The maximum absolute atomic E-state index is 3.27. The summed E-state index contributed by atoms with van der Waals surface area (Å²) >= 11 is 0. The van der Waals surface area contributed by atoms with Crippen LogP contribution in [0, 0.1) is 0 Å². The Morgan fingerprint density at radius 1 is 1.33 bits per heavy atom. The number of nitrogens with zero attached hydrogens (tertiary/aromatic N) is 1. The van der Waals surface area contributed by atoms with E-state index in [-0.39, 0.29) is 0 Å². The fraction of sp³-hybridized carbons (Fsp3) is 1.00. The highest BCUT2D eigenvalue weighted by Crippen LogP contribution is 1.80. The van der Waals surface area contributed by atoms with Gasteiger partial charge in [0.1, 0.15) is 0 Å². The van der Waals surface area contributed by atoms with E-state index in [1.54, 1.807) is 0 Å². The summed E-state index contributed by atoms with van der Waals surface area (Å²) in [6, 6.07) is 0.393. The monoisotopic (exact) mass is 175 g/mol. The fourth-order valence-corrected chi connectivity index (χ4v) is 0.881. The number of hydrogen-bond donors (Lipinski definition) is 4. The molecule has 0 heterocycles. The van der Waals surface area contributed by atoms with Crippen molar-refractivity contribution in [2.75, 3.05) is 27.2 Å². The van der Waals surface area contributed by atoms with Gasteiger partial charge in [-0.3, -0.25) is 10.9 Å². The lowest BCUT2D eigenvalue weighted by molar-refractivity contribution is 0.114. The standard InChI is InChI=1S/C7H21N5/c1-5-12(9-4)11-7(2)6-10-8-3/h7-11H,5-6H2,1-4H3. The topological polar surface area (TPSA) is 51.4 Å². The summed E-state index contributed by atoms with van der Waals surface area (Å²) in [6.45, 7) is 6.02. The third-order valence-corrected chi connectivity index (χ3v) is 1.55. The van der Waals surface area contributed by atoms with E-state index in [4.69, 9.17) is 0 Å². The third-order valence-electron chi connectivity index (χ3n) is 1.55. The van der Waals surface area contributed by atoms with Crippen LogP contribution in [0.2, 0.25) is 0 Å². The first-order chi connectivity index (χ1) is 5.74. The minimum Gasteiger partial charge on any atom is -0.261 e. The zero-order chi connectivity index (χ0) is 9.40. The summed E-state index contributed by atoms with van der Waals surface area (Å²) in [5.74, 6) is 0. The first-order valence-electron chi connectivity index (χ1n) is 4.35. The summed E-state index contributed by atoms with van der Waals surface area (Å²) in [7, 11) is 3.76. The number of hydrazine groups is 3. The summed E-state index contributed by atoms with van der Waals surface area (Å²) in [6.07, 6.45) is 0. The van der Waals surface area contributed by atoms with Crippen LogP contribution in [0.3, 0.4) is 0 Å². The molecule has 0 rings (SSSR count). The average molecular weight is 175 g/mol. The molecule has 0 aliphatic heterocycles. The molecule has 0 aromatic heterocycles. The van der Waals surface area contributed by atoms with Gasteiger partial charge in [-0.15, -0.1) is 0 Å². The van der Waals surface area contributed by atoms with E-state index in [0.29, 0.717) is 6.04 Å². The van der Waals surface area contributed by atoms with Crippen molar-refractivity contribution in [2.45, 2.75) is 19.9 Å². The molecule has 74 valence electrons. The highest BCUT2D eigenvalue weighted by Gasteiger charge is 2.03. The van der Waals surface area contributed by atoms with Crippen LogP contribution in [0.4, 0.5) is 0 Å². The quantitative estimate of drug-likeness (QED) is 0.376. The Kier molecular flexibility index (Phi) is 7.33. The van der Waals surface area contributed by atoms with Gasteiger partial charge in [0.25, 0.3) is 0 Å². The molecule has 0 saturated carbocycles. The Hall–Kier alpha value is -0.200. The number of rotatable bonds is 7. The molecule has 0 bridgehead atoms. The van der Waals surface area contributed by atoms with E-state index in [2.05, 4.69) is 35.6 Å². The Labute approximate surface area is 74.8 Å². The maximum Gasteiger partial charge on any atom is 0.0339 e. The minimum absolute atomic E-state index is 0.393. The van der Waals surface area contributed by atoms with Gasteiger partial charge in [0, 0.05) is 26.2 Å². The lowest BCUT2D eigenvalue weighted by atomic mass is 10.4. The molecule has 0 saturated heterocycles. The second-order valence-electron chi connectivity index (χ2n) is 2.63. The van der Waals surface area contributed by atoms with Crippen LogP contribution in [0.5, 0.6) is 0 Å². The second kappa shape index (κ2) is 7.45. The van der Waals surface area contributed by atoms with E-state index < -0.39 is 0 Å². The molecule has 1 unspecified atom stereocenters. The normalized spacial score (nSPS) is 13.8. The summed E-state index contributed by atoms with van der Waals surface area (Å²) < 4.78 is 0. The number of nitrogens with one attached hydrogen (secondary N) is 4. The maximum atomic E-state index is 3.27. The average Bonchev–Trinajstić information content (AvgIpc) is 2.10. The van der Waals surface area contributed by atoms with E-state index in [1.807, 2.05) is 19.2 Å². The molecule has 12 heavy (non-hydrogen) atoms. The Morgan fingerprint density at radius 3 is 2.42 bits per heavy atom. The zero-order valence-corrected chi connectivity index (χ0v) is 8.44. The smallest absolute Gasteiger partial charge is 0.0339 e. The van der Waals surface area contributed by atoms with Crippen LogP contribution in [-0.4, -0.2) is 38.3 Å². The predicted molar refractivity (Wildman–Crippen MR) is 51.1 cm³/mol. The molecule has 0 amide bonds. The van der Waals surface area contributed by atoms with Crippen molar-refractivity contribution in [3.05, 3.63) is 0 Å². The van der Waals surface area contributed by atoms with Gasteiger partial charge in [-0.1, -0.05) is 0 Å². The molecule has 0 aromatic carbocycles. The van der Waals surface area contributed by atoms with Gasteiger partial charge in [0.05, 0.1) is 0 Å². The molecule has 5 heteroatoms. The van der Waals surface area contributed by atoms with Gasteiger partial charge in [0.2, 0.25) is 0 Å². The van der Waals surface area contributed by atoms with Crippen molar-refractivity contribution in [3.63, 3.8) is 0 Å². The van der Waals surface area contributed by atoms with Gasteiger partial charge in [-0.05, 0) is 20.9 Å². The third kappa shape index (κ3) is 5.45. The van der Waals surface area contributed by atoms with Gasteiger partial charge in [-0.2, -0.15) is 5.12 Å². The lowest BCUT2D eigenvalue weighted by Gasteiger charge is -2.24. The van der Waals surface area contributed by atoms with Gasteiger partial charge < -0.3 is 0 Å². The zero-order valence-electron chi connectivity index (χ0n) is 8.44. The summed E-state index contributed by atoms with van der Waals surface area (Å²) in [4.78, 5) is 0. The first kappa shape index (κ1) is 11.8. The van der Waals surface area contributed by atoms with Crippen LogP contribution in [0.15, 0.2) is 0 Å². The Bertz CT molecular complexity index is 93.8. The highest BCUT2D eigenvalue weighted by atomic mass is 15.7. The fourth-order valence-electron chi connectivity index (χ4n) is 0.881. The Balaban J connectivity index is 3.44. The largest absolute Gasteiger partial charge is 0.261 e. The number of hydrogen-bond acceptors (Lipinski definition) is 5. The molecule has 0 fully saturated rings. The molecule has 0 aromatic rings. The molecular weight excluding hydrogens is 154 g/mol. The van der Waals surface area contributed by atoms with E-state index in [0.717, 1.165) is 13.1 Å². The molecule has 0 aliphatic carbocycles. The van der Waals surface area contributed by atoms with Gasteiger partial charge >= 0.3 is 0 Å². The van der Waals surface area contributed by atoms with E-state index in [9.17, 15) is 0 Å². The summed E-state index contributed by atoms with van der Waals surface area (Å²) in [5, 5.41) is 1.95. The van der Waals surface area contributed by atoms with E-state index in [1.165, 1.54) is 0 Å². The van der Waals surface area contributed by atoms with Crippen LogP contribution in [0.1, 0.15) is 13.8 Å². The van der Waals surface area contributed by atoms with Gasteiger partial charge in [0.15, 0.2) is 0 Å². The van der Waals surface area contributed by atoms with Crippen molar-refractivity contribution < 1.29 is 0 Å². The van der Waals surface area contributed by atoms with Crippen LogP contribution in [0.25, 0.3) is 0 Å². The molecule has 0 spiro atoms. The molecule has 0 aliphatic rings. The van der Waals surface area contributed by atoms with Gasteiger partial charge in [-0.25, -0.2) is 10.9 Å². The van der Waals surface area contributed by atoms with Crippen molar-refractivity contribution in [1.82, 2.24) is 26.8 Å². The van der Waals surface area contributed by atoms with Crippen molar-refractivity contribution in [1.29, 1.82) is 0 Å². The second-order valence-corrected chi connectivity index (χ2v) is 2.63. The SMILES string of the molecule is CCN(NC)NC(C)CNNC. The molecular formula is C7H21N5. The molecule has 0 radical (unpaired) electrons. The molecule has 5 nitrogen and oxygen atoms in total. The Morgan fingerprint density at radius 2 is 2.00 bits per heavy atom. The van der Waals surface area contributed by atoms with Crippen LogP contribution < -0.4 is 21.7 Å². The van der Waals surface area contributed by atoms with E-state index >= 15 is 0 Å². The lowest BCUT2D eigenvalue weighted by Crippen LogP contribution is -2.53. The summed E-state index contributed by atoms with van der Waals surface area (Å²) in [5.41, 5.74) is 12.2. The van der Waals surface area contributed by atoms with Crippen LogP contribution in [-0.2, 0) is 0 Å². The first-order valence-corrected chi connectivity index (χ1v) is 4.35. The highest BCUT2D eigenvalue weighted by molar-refractivity contribution is 4.58. The predicted octanol–water partition coefficient (Wildman–Crippen LogP) is -0.940. The molecule has 4 N–H and O–H groups in total. The van der Waals surface area contributed by atoms with Crippen LogP contribution >= 0.6 is 0 Å². The molecule has 1 atom stereocenters.